The van der Waals surface area contributed by atoms with E-state index in [0.29, 0.717) is 25.2 Å². The number of rotatable bonds is 1. The van der Waals surface area contributed by atoms with Crippen LogP contribution in [0.15, 0.2) is 18.2 Å². The van der Waals surface area contributed by atoms with Gasteiger partial charge in [-0.25, -0.2) is 8.78 Å². The summed E-state index contributed by atoms with van der Waals surface area (Å²) in [5.41, 5.74) is 0.637. The Labute approximate surface area is 92.9 Å². The Kier molecular flexibility index (Phi) is 2.90. The SMILES string of the molecule is CC1CN(c2ccc(F)c(F)c2)CCC1=O. The third-order valence-corrected chi connectivity index (χ3v) is 2.94. The van der Waals surface area contributed by atoms with Gasteiger partial charge in [0.15, 0.2) is 11.6 Å². The summed E-state index contributed by atoms with van der Waals surface area (Å²) < 4.78 is 25.8. The van der Waals surface area contributed by atoms with Crippen molar-refractivity contribution in [1.82, 2.24) is 0 Å². The highest BCUT2D eigenvalue weighted by Gasteiger charge is 2.23. The number of Topliss-reactive ketones (excluding diaryl/α,β-unsaturated/α-hetero) is 1. The Morgan fingerprint density at radius 3 is 2.69 bits per heavy atom. The van der Waals surface area contributed by atoms with Gasteiger partial charge in [-0.3, -0.25) is 4.79 Å². The first kappa shape index (κ1) is 11.0. The first-order chi connectivity index (χ1) is 7.58. The molecule has 1 aromatic rings. The molecule has 0 amide bonds. The molecule has 0 bridgehead atoms. The number of halogens is 2. The average Bonchev–Trinajstić information content (AvgIpc) is 2.26. The third-order valence-electron chi connectivity index (χ3n) is 2.94. The van der Waals surface area contributed by atoms with E-state index in [1.165, 1.54) is 6.07 Å². The molecule has 1 aromatic carbocycles. The maximum absolute atomic E-state index is 13.0. The lowest BCUT2D eigenvalue weighted by molar-refractivity contribution is -0.122. The lowest BCUT2D eigenvalue weighted by Crippen LogP contribution is -2.39. The number of hydrogen-bond donors (Lipinski definition) is 0. The lowest BCUT2D eigenvalue weighted by Gasteiger charge is -2.31. The second-order valence-corrected chi connectivity index (χ2v) is 4.16. The number of piperidine rings is 1. The fourth-order valence-electron chi connectivity index (χ4n) is 1.93. The number of ketones is 1. The van der Waals surface area contributed by atoms with E-state index in [4.69, 9.17) is 0 Å². The molecule has 0 spiro atoms. The van der Waals surface area contributed by atoms with Crippen molar-refractivity contribution in [3.05, 3.63) is 29.8 Å². The number of hydrogen-bond acceptors (Lipinski definition) is 2. The van der Waals surface area contributed by atoms with Crippen molar-refractivity contribution in [1.29, 1.82) is 0 Å². The summed E-state index contributed by atoms with van der Waals surface area (Å²) in [7, 11) is 0. The third kappa shape index (κ3) is 2.05. The second-order valence-electron chi connectivity index (χ2n) is 4.16. The minimum absolute atomic E-state index is 0.0399. The minimum Gasteiger partial charge on any atom is -0.370 e. The standard InChI is InChI=1S/C12H13F2NO/c1-8-7-15(5-4-12(8)16)9-2-3-10(13)11(14)6-9/h2-3,6,8H,4-5,7H2,1H3. The first-order valence-corrected chi connectivity index (χ1v) is 5.30. The van der Waals surface area contributed by atoms with Crippen LogP contribution in [0.2, 0.25) is 0 Å². The highest BCUT2D eigenvalue weighted by atomic mass is 19.2. The van der Waals surface area contributed by atoms with E-state index in [0.717, 1.165) is 6.07 Å². The molecule has 1 atom stereocenters. The van der Waals surface area contributed by atoms with Gasteiger partial charge in [0.25, 0.3) is 0 Å². The molecule has 1 saturated heterocycles. The molecule has 0 radical (unpaired) electrons. The fraction of sp³-hybridized carbons (Fsp3) is 0.417. The molecule has 1 aliphatic rings. The maximum atomic E-state index is 13.0. The van der Waals surface area contributed by atoms with Crippen LogP contribution in [0.25, 0.3) is 0 Å². The highest BCUT2D eigenvalue weighted by Crippen LogP contribution is 2.22. The molecule has 0 N–H and O–H groups in total. The van der Waals surface area contributed by atoms with Gasteiger partial charge in [-0.05, 0) is 12.1 Å². The number of carbonyl (C=O) groups is 1. The van der Waals surface area contributed by atoms with E-state index < -0.39 is 11.6 Å². The topological polar surface area (TPSA) is 20.3 Å². The van der Waals surface area contributed by atoms with E-state index in [1.54, 1.807) is 6.07 Å². The van der Waals surface area contributed by atoms with Crippen molar-refractivity contribution in [2.45, 2.75) is 13.3 Å². The summed E-state index contributed by atoms with van der Waals surface area (Å²) in [5, 5.41) is 0. The van der Waals surface area contributed by atoms with Crippen molar-refractivity contribution in [3.8, 4) is 0 Å². The monoisotopic (exact) mass is 225 g/mol. The van der Waals surface area contributed by atoms with Crippen molar-refractivity contribution in [2.24, 2.45) is 5.92 Å². The number of anilines is 1. The van der Waals surface area contributed by atoms with Gasteiger partial charge in [-0.15, -0.1) is 0 Å². The Bertz CT molecular complexity index is 419. The zero-order valence-corrected chi connectivity index (χ0v) is 9.04. The zero-order valence-electron chi connectivity index (χ0n) is 9.04. The smallest absolute Gasteiger partial charge is 0.160 e. The van der Waals surface area contributed by atoms with Crippen LogP contribution in [-0.2, 0) is 4.79 Å². The van der Waals surface area contributed by atoms with Crippen molar-refractivity contribution < 1.29 is 13.6 Å². The van der Waals surface area contributed by atoms with Gasteiger partial charge < -0.3 is 4.90 Å². The van der Waals surface area contributed by atoms with Crippen molar-refractivity contribution in [3.63, 3.8) is 0 Å². The molecule has 0 aliphatic carbocycles. The summed E-state index contributed by atoms with van der Waals surface area (Å²) in [6, 6.07) is 3.84. The van der Waals surface area contributed by atoms with Gasteiger partial charge in [0.1, 0.15) is 5.78 Å². The summed E-state index contributed by atoms with van der Waals surface area (Å²) in [6.07, 6.45) is 0.472. The molecule has 1 aliphatic heterocycles. The van der Waals surface area contributed by atoms with Gasteiger partial charge in [0, 0.05) is 37.2 Å². The largest absolute Gasteiger partial charge is 0.370 e. The molecule has 2 nitrogen and oxygen atoms in total. The fourth-order valence-corrected chi connectivity index (χ4v) is 1.93. The average molecular weight is 225 g/mol. The van der Waals surface area contributed by atoms with E-state index >= 15 is 0 Å². The number of nitrogens with zero attached hydrogens (tertiary/aromatic N) is 1. The molecule has 86 valence electrons. The predicted molar refractivity (Wildman–Crippen MR) is 57.4 cm³/mol. The molecule has 1 unspecified atom stereocenters. The zero-order chi connectivity index (χ0) is 11.7. The minimum atomic E-state index is -0.845. The molecule has 1 heterocycles. The molecule has 2 rings (SSSR count). The quantitative estimate of drug-likeness (QED) is 0.731. The predicted octanol–water partition coefficient (Wildman–Crippen LogP) is 2.38. The van der Waals surface area contributed by atoms with Crippen molar-refractivity contribution in [2.75, 3.05) is 18.0 Å². The van der Waals surface area contributed by atoms with Crippen LogP contribution in [0.1, 0.15) is 13.3 Å². The second kappa shape index (κ2) is 4.20. The maximum Gasteiger partial charge on any atom is 0.160 e. The highest BCUT2D eigenvalue weighted by molar-refractivity contribution is 5.83. The van der Waals surface area contributed by atoms with Gasteiger partial charge in [-0.1, -0.05) is 6.92 Å². The molecule has 16 heavy (non-hydrogen) atoms. The molecule has 1 fully saturated rings. The van der Waals surface area contributed by atoms with Gasteiger partial charge in [0.2, 0.25) is 0 Å². The van der Waals surface area contributed by atoms with Gasteiger partial charge >= 0.3 is 0 Å². The van der Waals surface area contributed by atoms with Crippen molar-refractivity contribution >= 4 is 11.5 Å². The number of carbonyl (C=O) groups excluding carboxylic acids is 1. The molecule has 0 saturated carbocycles. The summed E-state index contributed by atoms with van der Waals surface area (Å²) >= 11 is 0. The van der Waals surface area contributed by atoms with Crippen LogP contribution in [-0.4, -0.2) is 18.9 Å². The molecular formula is C12H13F2NO. The van der Waals surface area contributed by atoms with Crippen LogP contribution < -0.4 is 4.90 Å². The van der Waals surface area contributed by atoms with Crippen LogP contribution in [0.4, 0.5) is 14.5 Å². The van der Waals surface area contributed by atoms with Crippen LogP contribution >= 0.6 is 0 Å². The molecule has 0 aromatic heterocycles. The van der Waals surface area contributed by atoms with Crippen LogP contribution in [0.5, 0.6) is 0 Å². The Hall–Kier alpha value is -1.45. The normalized spacial score (nSPS) is 21.3. The van der Waals surface area contributed by atoms with Crippen LogP contribution in [0.3, 0.4) is 0 Å². The Balaban J connectivity index is 2.18. The van der Waals surface area contributed by atoms with E-state index in [9.17, 15) is 13.6 Å². The first-order valence-electron chi connectivity index (χ1n) is 5.30. The summed E-state index contributed by atoms with van der Waals surface area (Å²) in [6.45, 7) is 3.01. The summed E-state index contributed by atoms with van der Waals surface area (Å²) in [5.74, 6) is -1.49. The summed E-state index contributed by atoms with van der Waals surface area (Å²) in [4.78, 5) is 13.2. The number of benzene rings is 1. The van der Waals surface area contributed by atoms with Gasteiger partial charge in [0.05, 0.1) is 0 Å². The van der Waals surface area contributed by atoms with E-state index in [-0.39, 0.29) is 11.7 Å². The van der Waals surface area contributed by atoms with Crippen LogP contribution in [0, 0.1) is 17.6 Å². The van der Waals surface area contributed by atoms with E-state index in [2.05, 4.69) is 0 Å². The Morgan fingerprint density at radius 1 is 1.31 bits per heavy atom. The van der Waals surface area contributed by atoms with E-state index in [1.807, 2.05) is 11.8 Å². The lowest BCUT2D eigenvalue weighted by atomic mass is 9.98. The van der Waals surface area contributed by atoms with Gasteiger partial charge in [-0.2, -0.15) is 0 Å². The molecular weight excluding hydrogens is 212 g/mol. The molecule has 4 heteroatoms. The Morgan fingerprint density at radius 2 is 2.06 bits per heavy atom.